The van der Waals surface area contributed by atoms with Gasteiger partial charge in [0.25, 0.3) is 0 Å². The Bertz CT molecular complexity index is 200. The fourth-order valence-electron chi connectivity index (χ4n) is 1.07. The standard InChI is InChI=1S/C7H13N3O/c1-5-9-6(7(8)11)3-4-10(5)2/h6H,3-4H2,1-2H3,(H2,8,11)/t6-/m1/s1. The van der Waals surface area contributed by atoms with Crippen LogP contribution in [0.3, 0.4) is 0 Å². The molecule has 0 saturated heterocycles. The average molecular weight is 155 g/mol. The number of aliphatic imine (C=N–C) groups is 1. The second-order valence-electron chi connectivity index (χ2n) is 2.80. The lowest BCUT2D eigenvalue weighted by atomic mass is 10.1. The predicted molar refractivity (Wildman–Crippen MR) is 43.3 cm³/mol. The van der Waals surface area contributed by atoms with Gasteiger partial charge in [-0.2, -0.15) is 0 Å². The molecule has 0 aromatic carbocycles. The van der Waals surface area contributed by atoms with Crippen molar-refractivity contribution in [3.8, 4) is 0 Å². The van der Waals surface area contributed by atoms with E-state index in [1.165, 1.54) is 0 Å². The molecular formula is C7H13N3O. The molecule has 0 radical (unpaired) electrons. The number of hydrogen-bond acceptors (Lipinski definition) is 3. The highest BCUT2D eigenvalue weighted by atomic mass is 16.1. The van der Waals surface area contributed by atoms with Crippen LogP contribution in [-0.4, -0.2) is 36.3 Å². The van der Waals surface area contributed by atoms with Crippen LogP contribution in [0.15, 0.2) is 4.99 Å². The Morgan fingerprint density at radius 2 is 2.45 bits per heavy atom. The second kappa shape index (κ2) is 2.90. The molecule has 1 aliphatic heterocycles. The molecule has 1 amide bonds. The maximum Gasteiger partial charge on any atom is 0.242 e. The Kier molecular flexibility index (Phi) is 2.12. The molecule has 0 aromatic rings. The van der Waals surface area contributed by atoms with Gasteiger partial charge in [-0.25, -0.2) is 0 Å². The van der Waals surface area contributed by atoms with Gasteiger partial charge in [-0.1, -0.05) is 0 Å². The summed E-state index contributed by atoms with van der Waals surface area (Å²) in [4.78, 5) is 16.8. The van der Waals surface area contributed by atoms with E-state index in [0.29, 0.717) is 0 Å². The molecule has 0 unspecified atom stereocenters. The highest BCUT2D eigenvalue weighted by Gasteiger charge is 2.19. The molecule has 1 atom stereocenters. The third kappa shape index (κ3) is 1.69. The molecule has 11 heavy (non-hydrogen) atoms. The molecule has 1 aliphatic rings. The topological polar surface area (TPSA) is 58.7 Å². The van der Waals surface area contributed by atoms with Crippen molar-refractivity contribution in [1.29, 1.82) is 0 Å². The number of nitrogens with zero attached hydrogens (tertiary/aromatic N) is 2. The quantitative estimate of drug-likeness (QED) is 0.560. The first-order chi connectivity index (χ1) is 5.11. The fourth-order valence-corrected chi connectivity index (χ4v) is 1.07. The number of primary amides is 1. The van der Waals surface area contributed by atoms with Gasteiger partial charge in [0, 0.05) is 13.6 Å². The van der Waals surface area contributed by atoms with E-state index in [1.807, 2.05) is 18.9 Å². The van der Waals surface area contributed by atoms with Crippen molar-refractivity contribution in [1.82, 2.24) is 4.90 Å². The number of hydrogen-bond donors (Lipinski definition) is 1. The zero-order valence-electron chi connectivity index (χ0n) is 6.87. The third-order valence-electron chi connectivity index (χ3n) is 1.96. The lowest BCUT2D eigenvalue weighted by Crippen LogP contribution is -2.39. The summed E-state index contributed by atoms with van der Waals surface area (Å²) in [5.74, 6) is 0.567. The Hall–Kier alpha value is -1.06. The van der Waals surface area contributed by atoms with Crippen LogP contribution in [0.2, 0.25) is 0 Å². The van der Waals surface area contributed by atoms with Gasteiger partial charge in [0.2, 0.25) is 5.91 Å². The molecule has 2 N–H and O–H groups in total. The van der Waals surface area contributed by atoms with Crippen LogP contribution in [0.4, 0.5) is 0 Å². The van der Waals surface area contributed by atoms with E-state index < -0.39 is 0 Å². The monoisotopic (exact) mass is 155 g/mol. The van der Waals surface area contributed by atoms with Crippen LogP contribution < -0.4 is 5.73 Å². The Labute approximate surface area is 66.1 Å². The Morgan fingerprint density at radius 3 is 2.91 bits per heavy atom. The molecule has 1 heterocycles. The molecular weight excluding hydrogens is 142 g/mol. The van der Waals surface area contributed by atoms with E-state index in [0.717, 1.165) is 18.8 Å². The van der Waals surface area contributed by atoms with Crippen LogP contribution in [0.5, 0.6) is 0 Å². The number of rotatable bonds is 1. The van der Waals surface area contributed by atoms with Gasteiger partial charge in [-0.3, -0.25) is 9.79 Å². The summed E-state index contributed by atoms with van der Waals surface area (Å²) >= 11 is 0. The van der Waals surface area contributed by atoms with E-state index >= 15 is 0 Å². The van der Waals surface area contributed by atoms with E-state index in [2.05, 4.69) is 4.99 Å². The summed E-state index contributed by atoms with van der Waals surface area (Å²) in [6.45, 7) is 2.75. The maximum absolute atomic E-state index is 10.7. The largest absolute Gasteiger partial charge is 0.368 e. The molecule has 0 aromatic heterocycles. The van der Waals surface area contributed by atoms with Gasteiger partial charge in [0.05, 0.1) is 5.84 Å². The maximum atomic E-state index is 10.7. The van der Waals surface area contributed by atoms with Gasteiger partial charge in [-0.05, 0) is 13.3 Å². The molecule has 4 nitrogen and oxygen atoms in total. The average Bonchev–Trinajstić information content (AvgIpc) is 1.94. The first-order valence-corrected chi connectivity index (χ1v) is 3.66. The van der Waals surface area contributed by atoms with Gasteiger partial charge < -0.3 is 10.6 Å². The molecule has 0 aliphatic carbocycles. The van der Waals surface area contributed by atoms with Crippen LogP contribution >= 0.6 is 0 Å². The van der Waals surface area contributed by atoms with Crippen molar-refractivity contribution in [3.05, 3.63) is 0 Å². The van der Waals surface area contributed by atoms with Crippen molar-refractivity contribution < 1.29 is 4.79 Å². The summed E-state index contributed by atoms with van der Waals surface area (Å²) in [6, 6.07) is -0.300. The van der Waals surface area contributed by atoms with E-state index in [4.69, 9.17) is 5.73 Å². The van der Waals surface area contributed by atoms with Gasteiger partial charge in [0.15, 0.2) is 0 Å². The SMILES string of the molecule is CC1=N[C@@H](C(N)=O)CCN1C. The molecule has 4 heteroatoms. The Morgan fingerprint density at radius 1 is 1.82 bits per heavy atom. The minimum atomic E-state index is -0.322. The van der Waals surface area contributed by atoms with Crippen LogP contribution in [0.25, 0.3) is 0 Å². The van der Waals surface area contributed by atoms with E-state index in [-0.39, 0.29) is 11.9 Å². The molecule has 0 bridgehead atoms. The summed E-state index contributed by atoms with van der Waals surface area (Å²) in [5, 5.41) is 0. The predicted octanol–water partition coefficient (Wildman–Crippen LogP) is -0.406. The van der Waals surface area contributed by atoms with E-state index in [9.17, 15) is 4.79 Å². The van der Waals surface area contributed by atoms with Crippen molar-refractivity contribution in [2.75, 3.05) is 13.6 Å². The van der Waals surface area contributed by atoms with Crippen molar-refractivity contribution >= 4 is 11.7 Å². The van der Waals surface area contributed by atoms with Crippen LogP contribution in [0, 0.1) is 0 Å². The number of amides is 1. The van der Waals surface area contributed by atoms with Crippen LogP contribution in [-0.2, 0) is 4.79 Å². The summed E-state index contributed by atoms with van der Waals surface area (Å²) < 4.78 is 0. The molecule has 0 spiro atoms. The lowest BCUT2D eigenvalue weighted by Gasteiger charge is -2.26. The molecule has 1 rings (SSSR count). The van der Waals surface area contributed by atoms with Crippen molar-refractivity contribution in [3.63, 3.8) is 0 Å². The summed E-state index contributed by atoms with van der Waals surface area (Å²) in [5.41, 5.74) is 5.11. The molecule has 62 valence electrons. The minimum Gasteiger partial charge on any atom is -0.368 e. The summed E-state index contributed by atoms with van der Waals surface area (Å²) in [6.07, 6.45) is 0.739. The number of carbonyl (C=O) groups is 1. The first kappa shape index (κ1) is 8.04. The fraction of sp³-hybridized carbons (Fsp3) is 0.714. The number of carbonyl (C=O) groups excluding carboxylic acids is 1. The first-order valence-electron chi connectivity index (χ1n) is 3.66. The van der Waals surface area contributed by atoms with Gasteiger partial charge in [0.1, 0.15) is 6.04 Å². The lowest BCUT2D eigenvalue weighted by molar-refractivity contribution is -0.119. The highest BCUT2D eigenvalue weighted by Crippen LogP contribution is 2.07. The zero-order chi connectivity index (χ0) is 8.43. The van der Waals surface area contributed by atoms with E-state index in [1.54, 1.807) is 0 Å². The van der Waals surface area contributed by atoms with Gasteiger partial charge >= 0.3 is 0 Å². The minimum absolute atomic E-state index is 0.300. The molecule has 0 fully saturated rings. The summed E-state index contributed by atoms with van der Waals surface area (Å²) in [7, 11) is 1.95. The third-order valence-corrected chi connectivity index (χ3v) is 1.96. The van der Waals surface area contributed by atoms with Crippen molar-refractivity contribution in [2.45, 2.75) is 19.4 Å². The van der Waals surface area contributed by atoms with Crippen LogP contribution in [0.1, 0.15) is 13.3 Å². The molecule has 0 saturated carbocycles. The zero-order valence-corrected chi connectivity index (χ0v) is 6.87. The number of amidine groups is 1. The van der Waals surface area contributed by atoms with Crippen molar-refractivity contribution in [2.24, 2.45) is 10.7 Å². The highest BCUT2D eigenvalue weighted by molar-refractivity contribution is 5.87. The number of nitrogens with two attached hydrogens (primary N) is 1. The smallest absolute Gasteiger partial charge is 0.242 e. The second-order valence-corrected chi connectivity index (χ2v) is 2.80. The van der Waals surface area contributed by atoms with Gasteiger partial charge in [-0.15, -0.1) is 0 Å². The Balaban J connectivity index is 2.69. The normalized spacial score (nSPS) is 24.7.